The molecule has 0 fully saturated rings. The van der Waals surface area contributed by atoms with Gasteiger partial charge in [0.05, 0.1) is 3.79 Å². The van der Waals surface area contributed by atoms with Gasteiger partial charge in [-0.3, -0.25) is 0 Å². The molecule has 15 heavy (non-hydrogen) atoms. The predicted molar refractivity (Wildman–Crippen MR) is 69.5 cm³/mol. The van der Waals surface area contributed by atoms with Crippen molar-refractivity contribution in [2.75, 3.05) is 19.8 Å². The summed E-state index contributed by atoms with van der Waals surface area (Å²) in [7, 11) is 0. The average Bonchev–Trinajstić information content (AvgIpc) is 2.63. The summed E-state index contributed by atoms with van der Waals surface area (Å²) in [4.78, 5) is 1.38. The number of rotatable bonds is 8. The van der Waals surface area contributed by atoms with Crippen molar-refractivity contribution in [3.8, 4) is 0 Å². The van der Waals surface area contributed by atoms with Crippen LogP contribution in [-0.4, -0.2) is 19.8 Å². The second-order valence-corrected chi connectivity index (χ2v) is 5.83. The van der Waals surface area contributed by atoms with Crippen molar-refractivity contribution in [1.82, 2.24) is 5.32 Å². The topological polar surface area (TPSA) is 21.3 Å². The number of hydrogen-bond donors (Lipinski definition) is 1. The Labute approximate surface area is 104 Å². The van der Waals surface area contributed by atoms with E-state index >= 15 is 0 Å². The zero-order valence-electron chi connectivity index (χ0n) is 9.09. The van der Waals surface area contributed by atoms with Gasteiger partial charge in [0.2, 0.25) is 0 Å². The van der Waals surface area contributed by atoms with Gasteiger partial charge in [-0.1, -0.05) is 0 Å². The first kappa shape index (κ1) is 13.2. The third kappa shape index (κ3) is 6.30. The molecule has 2 nitrogen and oxygen atoms in total. The summed E-state index contributed by atoms with van der Waals surface area (Å²) in [5.74, 6) is 0. The highest BCUT2D eigenvalue weighted by atomic mass is 79.9. The number of ether oxygens (including phenoxy) is 1. The van der Waals surface area contributed by atoms with Crippen molar-refractivity contribution >= 4 is 27.3 Å². The molecule has 0 aliphatic carbocycles. The average molecular weight is 292 g/mol. The molecule has 0 aromatic carbocycles. The number of thiophene rings is 1. The van der Waals surface area contributed by atoms with Crippen LogP contribution in [-0.2, 0) is 11.3 Å². The summed E-state index contributed by atoms with van der Waals surface area (Å²) >= 11 is 5.25. The lowest BCUT2D eigenvalue weighted by Crippen LogP contribution is -2.14. The van der Waals surface area contributed by atoms with Gasteiger partial charge < -0.3 is 10.1 Å². The van der Waals surface area contributed by atoms with Gasteiger partial charge in [0.15, 0.2) is 0 Å². The summed E-state index contributed by atoms with van der Waals surface area (Å²) in [5, 5.41) is 3.43. The summed E-state index contributed by atoms with van der Waals surface area (Å²) in [6.07, 6.45) is 2.33. The standard InChI is InChI=1S/C11H18BrNOS/c1-2-14-8-4-3-7-13-9-10-5-6-11(12)15-10/h5-6,13H,2-4,7-9H2,1H3. The van der Waals surface area contributed by atoms with Crippen LogP contribution in [0.3, 0.4) is 0 Å². The Balaban J connectivity index is 1.93. The van der Waals surface area contributed by atoms with Crippen LogP contribution in [0.25, 0.3) is 0 Å². The molecule has 0 saturated heterocycles. The molecule has 0 saturated carbocycles. The van der Waals surface area contributed by atoms with Gasteiger partial charge in [0.1, 0.15) is 0 Å². The Morgan fingerprint density at radius 3 is 2.93 bits per heavy atom. The fourth-order valence-electron chi connectivity index (χ4n) is 1.26. The van der Waals surface area contributed by atoms with Crippen molar-refractivity contribution in [2.45, 2.75) is 26.3 Å². The maximum absolute atomic E-state index is 5.27. The van der Waals surface area contributed by atoms with E-state index in [-0.39, 0.29) is 0 Å². The molecular formula is C11H18BrNOS. The number of halogens is 1. The van der Waals surface area contributed by atoms with Crippen molar-refractivity contribution in [3.63, 3.8) is 0 Å². The summed E-state index contributed by atoms with van der Waals surface area (Å²) in [5.41, 5.74) is 0. The van der Waals surface area contributed by atoms with E-state index in [1.54, 1.807) is 11.3 Å². The smallest absolute Gasteiger partial charge is 0.0701 e. The minimum Gasteiger partial charge on any atom is -0.382 e. The summed E-state index contributed by atoms with van der Waals surface area (Å²) in [6.45, 7) is 5.81. The normalized spacial score (nSPS) is 10.8. The van der Waals surface area contributed by atoms with Crippen LogP contribution in [0, 0.1) is 0 Å². The Hall–Kier alpha value is 0.1000. The molecule has 1 rings (SSSR count). The second kappa shape index (κ2) is 8.28. The van der Waals surface area contributed by atoms with Crippen LogP contribution in [0.1, 0.15) is 24.6 Å². The van der Waals surface area contributed by atoms with Crippen LogP contribution < -0.4 is 5.32 Å². The Bertz CT molecular complexity index is 265. The number of nitrogens with one attached hydrogen (secondary N) is 1. The first-order valence-electron chi connectivity index (χ1n) is 5.35. The molecular weight excluding hydrogens is 274 g/mol. The van der Waals surface area contributed by atoms with Crippen LogP contribution in [0.2, 0.25) is 0 Å². The molecule has 1 N–H and O–H groups in total. The Morgan fingerprint density at radius 2 is 2.27 bits per heavy atom. The lowest BCUT2D eigenvalue weighted by atomic mass is 10.3. The number of unbranched alkanes of at least 4 members (excludes halogenated alkanes) is 1. The first-order chi connectivity index (χ1) is 7.33. The lowest BCUT2D eigenvalue weighted by molar-refractivity contribution is 0.143. The molecule has 0 aliphatic rings. The molecule has 1 aromatic heterocycles. The lowest BCUT2D eigenvalue weighted by Gasteiger charge is -2.03. The van der Waals surface area contributed by atoms with Crippen molar-refractivity contribution in [2.24, 2.45) is 0 Å². The molecule has 0 aliphatic heterocycles. The molecule has 4 heteroatoms. The van der Waals surface area contributed by atoms with Gasteiger partial charge in [-0.25, -0.2) is 0 Å². The van der Waals surface area contributed by atoms with E-state index in [1.165, 1.54) is 15.1 Å². The molecule has 1 aromatic rings. The van der Waals surface area contributed by atoms with E-state index in [9.17, 15) is 0 Å². The van der Waals surface area contributed by atoms with E-state index in [2.05, 4.69) is 33.4 Å². The van der Waals surface area contributed by atoms with E-state index in [4.69, 9.17) is 4.74 Å². The molecule has 1 heterocycles. The van der Waals surface area contributed by atoms with Crippen LogP contribution in [0.5, 0.6) is 0 Å². The maximum Gasteiger partial charge on any atom is 0.0701 e. The fraction of sp³-hybridized carbons (Fsp3) is 0.636. The Morgan fingerprint density at radius 1 is 1.40 bits per heavy atom. The zero-order chi connectivity index (χ0) is 10.9. The highest BCUT2D eigenvalue weighted by molar-refractivity contribution is 9.11. The van der Waals surface area contributed by atoms with Crippen LogP contribution in [0.4, 0.5) is 0 Å². The van der Waals surface area contributed by atoms with E-state index in [1.807, 2.05) is 6.92 Å². The van der Waals surface area contributed by atoms with E-state index < -0.39 is 0 Å². The third-order valence-corrected chi connectivity index (χ3v) is 3.65. The predicted octanol–water partition coefficient (Wildman–Crippen LogP) is 3.42. The van der Waals surface area contributed by atoms with Gasteiger partial charge in [-0.2, -0.15) is 0 Å². The fourth-order valence-corrected chi connectivity index (χ4v) is 2.71. The minimum absolute atomic E-state index is 0.830. The van der Waals surface area contributed by atoms with Gasteiger partial charge >= 0.3 is 0 Å². The molecule has 86 valence electrons. The second-order valence-electron chi connectivity index (χ2n) is 3.29. The van der Waals surface area contributed by atoms with Crippen molar-refractivity contribution < 1.29 is 4.74 Å². The molecule has 0 radical (unpaired) electrons. The van der Waals surface area contributed by atoms with Gasteiger partial charge in [-0.15, -0.1) is 11.3 Å². The molecule has 0 spiro atoms. The van der Waals surface area contributed by atoms with E-state index in [0.29, 0.717) is 0 Å². The summed E-state index contributed by atoms with van der Waals surface area (Å²) < 4.78 is 6.47. The van der Waals surface area contributed by atoms with E-state index in [0.717, 1.165) is 32.7 Å². The van der Waals surface area contributed by atoms with Crippen LogP contribution in [0.15, 0.2) is 15.9 Å². The zero-order valence-corrected chi connectivity index (χ0v) is 11.5. The SMILES string of the molecule is CCOCCCCNCc1ccc(Br)s1. The minimum atomic E-state index is 0.830. The van der Waals surface area contributed by atoms with Gasteiger partial charge in [-0.05, 0) is 54.4 Å². The molecule has 0 bridgehead atoms. The third-order valence-electron chi connectivity index (χ3n) is 2.02. The highest BCUT2D eigenvalue weighted by Gasteiger charge is 1.96. The first-order valence-corrected chi connectivity index (χ1v) is 6.96. The van der Waals surface area contributed by atoms with Gasteiger partial charge in [0.25, 0.3) is 0 Å². The quantitative estimate of drug-likeness (QED) is 0.741. The highest BCUT2D eigenvalue weighted by Crippen LogP contribution is 2.21. The summed E-state index contributed by atoms with van der Waals surface area (Å²) in [6, 6.07) is 4.25. The molecule has 0 unspecified atom stereocenters. The monoisotopic (exact) mass is 291 g/mol. The number of hydrogen-bond acceptors (Lipinski definition) is 3. The maximum atomic E-state index is 5.27. The largest absolute Gasteiger partial charge is 0.382 e. The van der Waals surface area contributed by atoms with Crippen molar-refractivity contribution in [1.29, 1.82) is 0 Å². The Kier molecular flexibility index (Phi) is 7.26. The van der Waals surface area contributed by atoms with Crippen LogP contribution >= 0.6 is 27.3 Å². The molecule has 0 atom stereocenters. The molecule has 0 amide bonds. The van der Waals surface area contributed by atoms with Crippen molar-refractivity contribution in [3.05, 3.63) is 20.8 Å². The van der Waals surface area contributed by atoms with Gasteiger partial charge in [0, 0.05) is 24.6 Å².